The van der Waals surface area contributed by atoms with Crippen LogP contribution in [0.2, 0.25) is 0 Å². The summed E-state index contributed by atoms with van der Waals surface area (Å²) in [6.45, 7) is 4.78. The quantitative estimate of drug-likeness (QED) is 0.375. The van der Waals surface area contributed by atoms with Crippen molar-refractivity contribution in [3.63, 3.8) is 0 Å². The van der Waals surface area contributed by atoms with E-state index in [0.717, 1.165) is 22.2 Å². The number of rotatable bonds is 6. The number of oxazole rings is 1. The molecule has 1 aromatic heterocycles. The summed E-state index contributed by atoms with van der Waals surface area (Å²) in [5.74, 6) is 1.20. The molecule has 0 aliphatic rings. The molecule has 33 heavy (non-hydrogen) atoms. The molecule has 168 valence electrons. The van der Waals surface area contributed by atoms with Crippen molar-refractivity contribution in [1.29, 1.82) is 0 Å². The van der Waals surface area contributed by atoms with E-state index in [1.807, 2.05) is 30.3 Å². The van der Waals surface area contributed by atoms with E-state index >= 15 is 0 Å². The Labute approximate surface area is 198 Å². The molecule has 0 aliphatic heterocycles. The maximum Gasteiger partial charge on any atom is 0.261 e. The normalized spacial score (nSPS) is 10.9. The van der Waals surface area contributed by atoms with Crippen LogP contribution < -0.4 is 15.4 Å². The van der Waals surface area contributed by atoms with E-state index in [1.54, 1.807) is 24.3 Å². The van der Waals surface area contributed by atoms with Gasteiger partial charge in [-0.15, -0.1) is 0 Å². The van der Waals surface area contributed by atoms with Crippen LogP contribution in [0.1, 0.15) is 41.3 Å². The number of carbonyl (C=O) groups excluding carboxylic acids is 1. The van der Waals surface area contributed by atoms with E-state index in [2.05, 4.69) is 41.6 Å². The summed E-state index contributed by atoms with van der Waals surface area (Å²) in [6.07, 6.45) is 0. The molecule has 4 rings (SSSR count). The number of ether oxygens (including phenoxy) is 1. The van der Waals surface area contributed by atoms with Gasteiger partial charge in [0.1, 0.15) is 11.3 Å². The lowest BCUT2D eigenvalue weighted by molar-refractivity contribution is 0.0973. The summed E-state index contributed by atoms with van der Waals surface area (Å²) in [4.78, 5) is 17.1. The minimum absolute atomic E-state index is 0.245. The Morgan fingerprint density at radius 1 is 1.09 bits per heavy atom. The Morgan fingerprint density at radius 2 is 1.85 bits per heavy atom. The minimum atomic E-state index is -0.322. The Kier molecular flexibility index (Phi) is 6.70. The van der Waals surface area contributed by atoms with Crippen molar-refractivity contribution in [2.24, 2.45) is 0 Å². The van der Waals surface area contributed by atoms with Crippen molar-refractivity contribution in [2.75, 3.05) is 7.11 Å². The van der Waals surface area contributed by atoms with Gasteiger partial charge in [0.2, 0.25) is 5.89 Å². The number of hydrogen-bond donors (Lipinski definition) is 2. The molecule has 0 spiro atoms. The molecule has 7 heteroatoms. The third kappa shape index (κ3) is 5.21. The van der Waals surface area contributed by atoms with Crippen molar-refractivity contribution < 1.29 is 13.9 Å². The number of carbonyl (C=O) groups is 1. The van der Waals surface area contributed by atoms with Crippen LogP contribution in [-0.4, -0.2) is 23.1 Å². The number of benzene rings is 3. The van der Waals surface area contributed by atoms with Crippen LogP contribution in [0.25, 0.3) is 22.6 Å². The fraction of sp³-hybridized carbons (Fsp3) is 0.192. The van der Waals surface area contributed by atoms with Gasteiger partial charge in [-0.25, -0.2) is 4.98 Å². The first kappa shape index (κ1) is 22.5. The monoisotopic (exact) mass is 459 g/mol. The first-order valence-corrected chi connectivity index (χ1v) is 11.1. The summed E-state index contributed by atoms with van der Waals surface area (Å²) in [6, 6.07) is 21.0. The van der Waals surface area contributed by atoms with Crippen molar-refractivity contribution >= 4 is 34.3 Å². The lowest BCUT2D eigenvalue weighted by Gasteiger charge is -2.11. The van der Waals surface area contributed by atoms with Crippen LogP contribution in [0.3, 0.4) is 0 Å². The van der Waals surface area contributed by atoms with Crippen molar-refractivity contribution in [2.45, 2.75) is 26.3 Å². The maximum atomic E-state index is 12.4. The van der Waals surface area contributed by atoms with Crippen molar-refractivity contribution in [1.82, 2.24) is 15.6 Å². The molecule has 2 N–H and O–H groups in total. The minimum Gasteiger partial charge on any atom is -0.496 e. The van der Waals surface area contributed by atoms with E-state index in [1.165, 1.54) is 12.7 Å². The molecular weight excluding hydrogens is 434 g/mol. The van der Waals surface area contributed by atoms with Crippen molar-refractivity contribution in [3.05, 3.63) is 83.4 Å². The second kappa shape index (κ2) is 9.83. The molecule has 4 aromatic rings. The summed E-state index contributed by atoms with van der Waals surface area (Å²) < 4.78 is 11.1. The highest BCUT2D eigenvalue weighted by atomic mass is 32.1. The highest BCUT2D eigenvalue weighted by Gasteiger charge is 2.13. The van der Waals surface area contributed by atoms with E-state index in [4.69, 9.17) is 21.4 Å². The maximum absolute atomic E-state index is 12.4. The van der Waals surface area contributed by atoms with Gasteiger partial charge in [0.15, 0.2) is 10.7 Å². The first-order chi connectivity index (χ1) is 15.9. The number of hydrogen-bond acceptors (Lipinski definition) is 5. The van der Waals surface area contributed by atoms with Crippen LogP contribution in [0.15, 0.2) is 71.1 Å². The number of methoxy groups -OCH3 is 1. The summed E-state index contributed by atoms with van der Waals surface area (Å²) in [5, 5.41) is 5.98. The summed E-state index contributed by atoms with van der Waals surface area (Å²) in [7, 11) is 1.52. The van der Waals surface area contributed by atoms with Gasteiger partial charge < -0.3 is 14.5 Å². The Balaban J connectivity index is 1.37. The van der Waals surface area contributed by atoms with Gasteiger partial charge in [0.05, 0.1) is 12.7 Å². The molecule has 0 unspecified atom stereocenters. The average Bonchev–Trinajstić information content (AvgIpc) is 3.26. The van der Waals surface area contributed by atoms with Gasteiger partial charge in [-0.1, -0.05) is 44.2 Å². The molecule has 0 saturated carbocycles. The van der Waals surface area contributed by atoms with E-state index in [9.17, 15) is 4.79 Å². The summed E-state index contributed by atoms with van der Waals surface area (Å²) in [5.41, 5.74) is 5.19. The van der Waals surface area contributed by atoms with Crippen LogP contribution in [0.5, 0.6) is 5.75 Å². The second-order valence-electron chi connectivity index (χ2n) is 7.93. The number of thiocarbonyl (C=S) groups is 1. The fourth-order valence-corrected chi connectivity index (χ4v) is 3.59. The van der Waals surface area contributed by atoms with Crippen LogP contribution in [-0.2, 0) is 6.54 Å². The number of nitrogens with zero attached hydrogens (tertiary/aromatic N) is 1. The molecule has 6 nitrogen and oxygen atoms in total. The predicted octanol–water partition coefficient (Wildman–Crippen LogP) is 5.43. The van der Waals surface area contributed by atoms with Crippen molar-refractivity contribution in [3.8, 4) is 17.2 Å². The van der Waals surface area contributed by atoms with Crippen LogP contribution in [0, 0.1) is 0 Å². The van der Waals surface area contributed by atoms with Gasteiger partial charge in [0, 0.05) is 12.1 Å². The molecule has 1 amide bonds. The number of nitrogens with one attached hydrogen (secondary N) is 2. The lowest BCUT2D eigenvalue weighted by atomic mass is 10.0. The largest absolute Gasteiger partial charge is 0.496 e. The second-order valence-corrected chi connectivity index (χ2v) is 8.34. The fourth-order valence-electron chi connectivity index (χ4n) is 3.42. The molecule has 0 saturated heterocycles. The highest BCUT2D eigenvalue weighted by molar-refractivity contribution is 7.80. The van der Waals surface area contributed by atoms with E-state index < -0.39 is 0 Å². The van der Waals surface area contributed by atoms with Gasteiger partial charge in [0.25, 0.3) is 5.91 Å². The van der Waals surface area contributed by atoms with Gasteiger partial charge >= 0.3 is 0 Å². The zero-order valence-corrected chi connectivity index (χ0v) is 19.5. The number of para-hydroxylation sites is 1. The molecule has 0 radical (unpaired) electrons. The smallest absolute Gasteiger partial charge is 0.261 e. The SMILES string of the molecule is COc1ccccc1C(=O)NC(=S)NCc1ccc(-c2nc3cc(C(C)C)ccc3o2)cc1. The molecule has 3 aromatic carbocycles. The Hall–Kier alpha value is -3.71. The Morgan fingerprint density at radius 3 is 2.58 bits per heavy atom. The number of fused-ring (bicyclic) bond motifs is 1. The molecule has 1 heterocycles. The molecule has 0 atom stereocenters. The third-order valence-corrected chi connectivity index (χ3v) is 5.56. The van der Waals surface area contributed by atoms with E-state index in [0.29, 0.717) is 29.7 Å². The molecule has 0 bridgehead atoms. The van der Waals surface area contributed by atoms with Gasteiger partial charge in [-0.3, -0.25) is 10.1 Å². The lowest BCUT2D eigenvalue weighted by Crippen LogP contribution is -2.38. The Bertz CT molecular complexity index is 1300. The van der Waals surface area contributed by atoms with Gasteiger partial charge in [-0.2, -0.15) is 0 Å². The van der Waals surface area contributed by atoms with Gasteiger partial charge in [-0.05, 0) is 65.7 Å². The molecular formula is C26H25N3O3S. The number of amides is 1. The molecule has 0 fully saturated rings. The third-order valence-electron chi connectivity index (χ3n) is 5.31. The van der Waals surface area contributed by atoms with Crippen LogP contribution >= 0.6 is 12.2 Å². The standard InChI is InChI=1S/C26H25N3O3S/c1-16(2)19-12-13-23-21(14-19)28-25(32-23)18-10-8-17(9-11-18)15-27-26(33)29-24(30)20-6-4-5-7-22(20)31-3/h4-14,16H,15H2,1-3H3,(H2,27,29,30,33). The topological polar surface area (TPSA) is 76.4 Å². The highest BCUT2D eigenvalue weighted by Crippen LogP contribution is 2.27. The zero-order chi connectivity index (χ0) is 23.4. The number of aromatic nitrogens is 1. The zero-order valence-electron chi connectivity index (χ0n) is 18.7. The average molecular weight is 460 g/mol. The summed E-state index contributed by atoms with van der Waals surface area (Å²) >= 11 is 5.27. The van der Waals surface area contributed by atoms with Crippen LogP contribution in [0.4, 0.5) is 0 Å². The first-order valence-electron chi connectivity index (χ1n) is 10.7. The molecule has 0 aliphatic carbocycles. The predicted molar refractivity (Wildman–Crippen MR) is 133 cm³/mol. The van der Waals surface area contributed by atoms with E-state index in [-0.39, 0.29) is 11.0 Å².